The van der Waals surface area contributed by atoms with Gasteiger partial charge in [-0.2, -0.15) is 0 Å². The van der Waals surface area contributed by atoms with Crippen molar-refractivity contribution in [2.75, 3.05) is 20.0 Å². The molecule has 0 saturated carbocycles. The Morgan fingerprint density at radius 1 is 1.44 bits per heavy atom. The number of nitrogens with zero attached hydrogens (tertiary/aromatic N) is 1. The molecule has 2 saturated heterocycles. The third kappa shape index (κ3) is 0.943. The Hall–Kier alpha value is -0.160. The van der Waals surface area contributed by atoms with Gasteiger partial charge in [0.05, 0.1) is 12.8 Å². The summed E-state index contributed by atoms with van der Waals surface area (Å²) in [6.45, 7) is 1.98. The summed E-state index contributed by atoms with van der Waals surface area (Å²) in [5.74, 6) is 0. The molecule has 51 valence electrons. The molecule has 4 heteroatoms. The summed E-state index contributed by atoms with van der Waals surface area (Å²) in [6.07, 6.45) is -0.0637. The quantitative estimate of drug-likeness (QED) is 0.449. The Bertz CT molecular complexity index is 97.1. The highest BCUT2D eigenvalue weighted by Gasteiger charge is 2.31. The SMILES string of the molecule is C1[N]C2CNCOC2O1. The van der Waals surface area contributed by atoms with Gasteiger partial charge < -0.3 is 9.47 Å². The third-order valence-electron chi connectivity index (χ3n) is 1.57. The fraction of sp³-hybridized carbons (Fsp3) is 1.00. The summed E-state index contributed by atoms with van der Waals surface area (Å²) in [5, 5.41) is 7.21. The molecule has 0 aliphatic carbocycles. The lowest BCUT2D eigenvalue weighted by molar-refractivity contribution is -0.138. The molecule has 9 heavy (non-hydrogen) atoms. The standard InChI is InChI=1S/C5H9N2O2/c1-4-5(8-2-6-1)9-3-7-4/h4-6H,1-3H2. The van der Waals surface area contributed by atoms with Crippen molar-refractivity contribution in [2.24, 2.45) is 0 Å². The molecule has 0 amide bonds. The largest absolute Gasteiger partial charge is 0.336 e. The van der Waals surface area contributed by atoms with Crippen molar-refractivity contribution < 1.29 is 9.47 Å². The molecular weight excluding hydrogens is 120 g/mol. The second kappa shape index (κ2) is 2.22. The normalized spacial score (nSPS) is 42.7. The van der Waals surface area contributed by atoms with E-state index in [0.29, 0.717) is 13.5 Å². The Morgan fingerprint density at radius 3 is 3.33 bits per heavy atom. The van der Waals surface area contributed by atoms with Gasteiger partial charge in [0.1, 0.15) is 6.73 Å². The van der Waals surface area contributed by atoms with Crippen LogP contribution in [0.15, 0.2) is 0 Å². The first-order valence-corrected chi connectivity index (χ1v) is 3.07. The predicted octanol–water partition coefficient (Wildman–Crippen LogP) is -1.15. The fourth-order valence-electron chi connectivity index (χ4n) is 1.08. The van der Waals surface area contributed by atoms with Crippen molar-refractivity contribution in [2.45, 2.75) is 12.3 Å². The summed E-state index contributed by atoms with van der Waals surface area (Å²) in [7, 11) is 0. The van der Waals surface area contributed by atoms with Crippen molar-refractivity contribution in [1.82, 2.24) is 10.6 Å². The van der Waals surface area contributed by atoms with Crippen LogP contribution in [0.2, 0.25) is 0 Å². The number of hydrogen-bond donors (Lipinski definition) is 1. The van der Waals surface area contributed by atoms with Gasteiger partial charge in [-0.3, -0.25) is 5.32 Å². The van der Waals surface area contributed by atoms with E-state index >= 15 is 0 Å². The Balaban J connectivity index is 1.97. The van der Waals surface area contributed by atoms with Crippen LogP contribution < -0.4 is 10.6 Å². The highest BCUT2D eigenvalue weighted by Crippen LogP contribution is 2.11. The first-order chi connectivity index (χ1) is 4.47. The van der Waals surface area contributed by atoms with E-state index in [4.69, 9.17) is 9.47 Å². The maximum atomic E-state index is 5.17. The van der Waals surface area contributed by atoms with Crippen LogP contribution in [0.1, 0.15) is 0 Å². The van der Waals surface area contributed by atoms with Gasteiger partial charge in [0, 0.05) is 6.54 Å². The lowest BCUT2D eigenvalue weighted by Crippen LogP contribution is -2.46. The van der Waals surface area contributed by atoms with Crippen molar-refractivity contribution in [3.05, 3.63) is 0 Å². The molecule has 2 aliphatic rings. The van der Waals surface area contributed by atoms with E-state index in [-0.39, 0.29) is 12.3 Å². The zero-order valence-electron chi connectivity index (χ0n) is 5.04. The van der Waals surface area contributed by atoms with Crippen LogP contribution in [-0.2, 0) is 9.47 Å². The second-order valence-corrected chi connectivity index (χ2v) is 2.18. The Morgan fingerprint density at radius 2 is 2.44 bits per heavy atom. The van der Waals surface area contributed by atoms with Crippen LogP contribution in [0, 0.1) is 0 Å². The summed E-state index contributed by atoms with van der Waals surface area (Å²) in [6, 6.07) is 0.235. The van der Waals surface area contributed by atoms with Crippen LogP contribution in [0.4, 0.5) is 0 Å². The van der Waals surface area contributed by atoms with Crippen molar-refractivity contribution >= 4 is 0 Å². The molecule has 0 aromatic carbocycles. The molecule has 1 N–H and O–H groups in total. The van der Waals surface area contributed by atoms with E-state index in [1.165, 1.54) is 0 Å². The lowest BCUT2D eigenvalue weighted by Gasteiger charge is -2.23. The van der Waals surface area contributed by atoms with Gasteiger partial charge in [-0.15, -0.1) is 0 Å². The monoisotopic (exact) mass is 129 g/mol. The van der Waals surface area contributed by atoms with Gasteiger partial charge >= 0.3 is 0 Å². The summed E-state index contributed by atoms with van der Waals surface area (Å²) in [4.78, 5) is 0. The smallest absolute Gasteiger partial charge is 0.179 e. The molecular formula is C5H9N2O2. The minimum Gasteiger partial charge on any atom is -0.336 e. The molecule has 0 aromatic heterocycles. The molecule has 0 spiro atoms. The number of hydrogen-bond acceptors (Lipinski definition) is 3. The Labute approximate surface area is 53.5 Å². The molecule has 2 aliphatic heterocycles. The van der Waals surface area contributed by atoms with E-state index in [1.807, 2.05) is 0 Å². The van der Waals surface area contributed by atoms with E-state index in [9.17, 15) is 0 Å². The highest BCUT2D eigenvalue weighted by molar-refractivity contribution is 4.78. The Kier molecular flexibility index (Phi) is 1.39. The van der Waals surface area contributed by atoms with Crippen LogP contribution in [0.25, 0.3) is 0 Å². The van der Waals surface area contributed by atoms with Crippen molar-refractivity contribution in [3.63, 3.8) is 0 Å². The van der Waals surface area contributed by atoms with E-state index in [0.717, 1.165) is 6.54 Å². The minimum atomic E-state index is -0.0637. The predicted molar refractivity (Wildman–Crippen MR) is 29.6 cm³/mol. The molecule has 1 radical (unpaired) electrons. The fourth-order valence-corrected chi connectivity index (χ4v) is 1.08. The molecule has 0 bridgehead atoms. The number of ether oxygens (including phenoxy) is 2. The van der Waals surface area contributed by atoms with Gasteiger partial charge in [0.2, 0.25) is 0 Å². The van der Waals surface area contributed by atoms with Gasteiger partial charge in [0.15, 0.2) is 6.29 Å². The molecule has 0 aromatic rings. The lowest BCUT2D eigenvalue weighted by atomic mass is 10.3. The van der Waals surface area contributed by atoms with Crippen LogP contribution in [-0.4, -0.2) is 32.3 Å². The van der Waals surface area contributed by atoms with Crippen LogP contribution in [0.3, 0.4) is 0 Å². The average Bonchev–Trinajstić information content (AvgIpc) is 2.33. The highest BCUT2D eigenvalue weighted by atomic mass is 16.7. The maximum absolute atomic E-state index is 5.17. The molecule has 2 atom stereocenters. The second-order valence-electron chi connectivity index (χ2n) is 2.18. The van der Waals surface area contributed by atoms with Gasteiger partial charge in [-0.1, -0.05) is 0 Å². The van der Waals surface area contributed by atoms with Gasteiger partial charge in [-0.25, -0.2) is 5.32 Å². The van der Waals surface area contributed by atoms with E-state index < -0.39 is 0 Å². The molecule has 2 heterocycles. The number of nitrogens with one attached hydrogen (secondary N) is 1. The van der Waals surface area contributed by atoms with Crippen molar-refractivity contribution in [3.8, 4) is 0 Å². The molecule has 4 nitrogen and oxygen atoms in total. The van der Waals surface area contributed by atoms with Crippen LogP contribution >= 0.6 is 0 Å². The van der Waals surface area contributed by atoms with Gasteiger partial charge in [0.25, 0.3) is 0 Å². The van der Waals surface area contributed by atoms with E-state index in [2.05, 4.69) is 10.6 Å². The number of rotatable bonds is 0. The van der Waals surface area contributed by atoms with Crippen LogP contribution in [0.5, 0.6) is 0 Å². The first kappa shape index (κ1) is 5.61. The average molecular weight is 129 g/mol. The summed E-state index contributed by atoms with van der Waals surface area (Å²) >= 11 is 0. The molecule has 2 fully saturated rings. The zero-order chi connectivity index (χ0) is 6.10. The summed E-state index contributed by atoms with van der Waals surface area (Å²) in [5.41, 5.74) is 0. The topological polar surface area (TPSA) is 44.6 Å². The number of fused-ring (bicyclic) bond motifs is 1. The summed E-state index contributed by atoms with van der Waals surface area (Å²) < 4.78 is 10.3. The van der Waals surface area contributed by atoms with Crippen molar-refractivity contribution in [1.29, 1.82) is 0 Å². The minimum absolute atomic E-state index is 0.0637. The first-order valence-electron chi connectivity index (χ1n) is 3.07. The van der Waals surface area contributed by atoms with Gasteiger partial charge in [-0.05, 0) is 0 Å². The molecule has 2 rings (SSSR count). The zero-order valence-corrected chi connectivity index (χ0v) is 5.04. The third-order valence-corrected chi connectivity index (χ3v) is 1.57. The molecule has 2 unspecified atom stereocenters. The van der Waals surface area contributed by atoms with E-state index in [1.54, 1.807) is 0 Å². The maximum Gasteiger partial charge on any atom is 0.179 e.